The molecule has 3 N–H and O–H groups in total. The predicted molar refractivity (Wildman–Crippen MR) is 90.8 cm³/mol. The second-order valence-corrected chi connectivity index (χ2v) is 6.28. The highest BCUT2D eigenvalue weighted by atomic mass is 16.6. The fourth-order valence-corrected chi connectivity index (χ4v) is 2.11. The number of hydrogen-bond donors (Lipinski definition) is 3. The van der Waals surface area contributed by atoms with Crippen molar-refractivity contribution in [1.82, 2.24) is 5.32 Å². The zero-order valence-corrected chi connectivity index (χ0v) is 14.2. The molecule has 0 saturated carbocycles. The van der Waals surface area contributed by atoms with Gasteiger partial charge in [-0.15, -0.1) is 0 Å². The zero-order valence-electron chi connectivity index (χ0n) is 14.2. The van der Waals surface area contributed by atoms with Crippen LogP contribution in [0.5, 0.6) is 0 Å². The molecule has 0 aliphatic carbocycles. The summed E-state index contributed by atoms with van der Waals surface area (Å²) >= 11 is 0. The average molecular weight is 324 g/mol. The van der Waals surface area contributed by atoms with Crippen molar-refractivity contribution < 1.29 is 19.7 Å². The summed E-state index contributed by atoms with van der Waals surface area (Å²) in [7, 11) is 0. The number of nitrogens with one attached hydrogen (secondary N) is 1. The third kappa shape index (κ3) is 7.85. The van der Waals surface area contributed by atoms with Gasteiger partial charge in [-0.2, -0.15) is 0 Å². The summed E-state index contributed by atoms with van der Waals surface area (Å²) in [4.78, 5) is 13.5. The summed E-state index contributed by atoms with van der Waals surface area (Å²) in [6.45, 7) is 7.05. The van der Waals surface area contributed by atoms with Crippen LogP contribution in [0.1, 0.15) is 26.3 Å². The predicted octanol–water partition coefficient (Wildman–Crippen LogP) is 1.54. The minimum Gasteiger partial charge on any atom is -0.444 e. The zero-order chi connectivity index (χ0) is 17.3. The Bertz CT molecular complexity index is 462. The van der Waals surface area contributed by atoms with Crippen molar-refractivity contribution in [3.63, 3.8) is 0 Å². The van der Waals surface area contributed by atoms with Crippen LogP contribution in [0.3, 0.4) is 0 Å². The molecule has 6 nitrogen and oxygen atoms in total. The molecule has 0 aliphatic rings. The van der Waals surface area contributed by atoms with E-state index in [4.69, 9.17) is 14.9 Å². The number of aliphatic hydroxyl groups excluding tert-OH is 2. The van der Waals surface area contributed by atoms with E-state index >= 15 is 0 Å². The van der Waals surface area contributed by atoms with Crippen LogP contribution in [0.15, 0.2) is 24.3 Å². The molecule has 1 aromatic carbocycles. The van der Waals surface area contributed by atoms with Gasteiger partial charge in [0.05, 0.1) is 13.2 Å². The maximum Gasteiger partial charge on any atom is 0.407 e. The Morgan fingerprint density at radius 1 is 1.13 bits per heavy atom. The van der Waals surface area contributed by atoms with Crippen LogP contribution in [0.2, 0.25) is 0 Å². The van der Waals surface area contributed by atoms with E-state index in [1.54, 1.807) is 0 Å². The molecular formula is C17H28N2O4. The summed E-state index contributed by atoms with van der Waals surface area (Å²) in [5.74, 6) is 0. The number of benzene rings is 1. The maximum atomic E-state index is 11.5. The molecule has 0 heterocycles. The van der Waals surface area contributed by atoms with Gasteiger partial charge in [-0.25, -0.2) is 4.79 Å². The van der Waals surface area contributed by atoms with Crippen molar-refractivity contribution in [3.05, 3.63) is 29.8 Å². The van der Waals surface area contributed by atoms with Crippen molar-refractivity contribution in [1.29, 1.82) is 0 Å². The Morgan fingerprint density at radius 3 is 2.17 bits per heavy atom. The Labute approximate surface area is 138 Å². The van der Waals surface area contributed by atoms with E-state index < -0.39 is 11.7 Å². The molecule has 0 bridgehead atoms. The van der Waals surface area contributed by atoms with E-state index in [0.717, 1.165) is 11.3 Å². The van der Waals surface area contributed by atoms with Gasteiger partial charge in [-0.05, 0) is 44.9 Å². The molecule has 130 valence electrons. The van der Waals surface area contributed by atoms with Crippen LogP contribution in [-0.2, 0) is 11.2 Å². The Morgan fingerprint density at radius 2 is 1.70 bits per heavy atom. The van der Waals surface area contributed by atoms with Crippen molar-refractivity contribution in [2.75, 3.05) is 37.7 Å². The first-order valence-corrected chi connectivity index (χ1v) is 7.88. The molecule has 0 aromatic heterocycles. The highest BCUT2D eigenvalue weighted by molar-refractivity contribution is 5.67. The quantitative estimate of drug-likeness (QED) is 0.676. The number of rotatable bonds is 8. The molecule has 1 aromatic rings. The molecule has 0 radical (unpaired) electrons. The first-order valence-electron chi connectivity index (χ1n) is 7.88. The topological polar surface area (TPSA) is 82.0 Å². The highest BCUT2D eigenvalue weighted by Gasteiger charge is 2.15. The lowest BCUT2D eigenvalue weighted by atomic mass is 10.1. The van der Waals surface area contributed by atoms with E-state index in [-0.39, 0.29) is 13.2 Å². The van der Waals surface area contributed by atoms with Crippen LogP contribution in [0.25, 0.3) is 0 Å². The first kappa shape index (κ1) is 19.3. The van der Waals surface area contributed by atoms with E-state index in [0.29, 0.717) is 26.1 Å². The van der Waals surface area contributed by atoms with Gasteiger partial charge < -0.3 is 25.2 Å². The smallest absolute Gasteiger partial charge is 0.407 e. The summed E-state index contributed by atoms with van der Waals surface area (Å²) in [5.41, 5.74) is 1.56. The van der Waals surface area contributed by atoms with E-state index in [9.17, 15) is 4.79 Å². The molecule has 6 heteroatoms. The number of ether oxygens (including phenoxy) is 1. The van der Waals surface area contributed by atoms with Gasteiger partial charge in [0.1, 0.15) is 5.60 Å². The number of nitrogens with zero attached hydrogens (tertiary/aromatic N) is 1. The number of hydrogen-bond acceptors (Lipinski definition) is 5. The van der Waals surface area contributed by atoms with Gasteiger partial charge in [-0.1, -0.05) is 12.1 Å². The van der Waals surface area contributed by atoms with E-state index in [2.05, 4.69) is 5.32 Å². The lowest BCUT2D eigenvalue weighted by Gasteiger charge is -2.23. The normalized spacial score (nSPS) is 11.2. The molecule has 1 amide bonds. The number of alkyl carbamates (subject to hydrolysis) is 1. The Hall–Kier alpha value is -1.79. The van der Waals surface area contributed by atoms with Gasteiger partial charge in [0.15, 0.2) is 0 Å². The number of anilines is 1. The van der Waals surface area contributed by atoms with Gasteiger partial charge in [0.2, 0.25) is 0 Å². The minimum absolute atomic E-state index is 0.0432. The summed E-state index contributed by atoms with van der Waals surface area (Å²) in [5, 5.41) is 20.8. The molecule has 23 heavy (non-hydrogen) atoms. The lowest BCUT2D eigenvalue weighted by molar-refractivity contribution is 0.0528. The molecule has 0 spiro atoms. The fourth-order valence-electron chi connectivity index (χ4n) is 2.11. The first-order chi connectivity index (χ1) is 10.9. The highest BCUT2D eigenvalue weighted by Crippen LogP contribution is 2.15. The van der Waals surface area contributed by atoms with Gasteiger partial charge in [0.25, 0.3) is 0 Å². The minimum atomic E-state index is -0.491. The molecule has 0 aliphatic heterocycles. The van der Waals surface area contributed by atoms with Crippen LogP contribution in [-0.4, -0.2) is 54.8 Å². The van der Waals surface area contributed by atoms with Crippen LogP contribution >= 0.6 is 0 Å². The molecule has 0 unspecified atom stereocenters. The summed E-state index contributed by atoms with van der Waals surface area (Å²) in [6, 6.07) is 7.87. The molecular weight excluding hydrogens is 296 g/mol. The SMILES string of the molecule is CC(C)(C)OC(=O)NCCc1ccc(N(CCO)CCO)cc1. The van der Waals surface area contributed by atoms with Crippen molar-refractivity contribution >= 4 is 11.8 Å². The van der Waals surface area contributed by atoms with Gasteiger partial charge >= 0.3 is 6.09 Å². The third-order valence-electron chi connectivity index (χ3n) is 3.12. The van der Waals surface area contributed by atoms with Crippen LogP contribution in [0, 0.1) is 0 Å². The van der Waals surface area contributed by atoms with Crippen LogP contribution in [0.4, 0.5) is 10.5 Å². The van der Waals surface area contributed by atoms with Gasteiger partial charge in [0, 0.05) is 25.3 Å². The molecule has 0 saturated heterocycles. The number of amides is 1. The number of carbonyl (C=O) groups is 1. The van der Waals surface area contributed by atoms with Crippen LogP contribution < -0.4 is 10.2 Å². The molecule has 0 fully saturated rings. The van der Waals surface area contributed by atoms with Crippen molar-refractivity contribution in [2.45, 2.75) is 32.8 Å². The van der Waals surface area contributed by atoms with Crippen molar-refractivity contribution in [3.8, 4) is 0 Å². The number of aliphatic hydroxyl groups is 2. The number of carbonyl (C=O) groups excluding carboxylic acids is 1. The average Bonchev–Trinajstić information content (AvgIpc) is 2.46. The second-order valence-electron chi connectivity index (χ2n) is 6.28. The van der Waals surface area contributed by atoms with Gasteiger partial charge in [-0.3, -0.25) is 0 Å². The second kappa shape index (κ2) is 9.37. The third-order valence-corrected chi connectivity index (χ3v) is 3.12. The standard InChI is InChI=1S/C17H28N2O4/c1-17(2,3)23-16(22)18-9-8-14-4-6-15(7-5-14)19(10-12-20)11-13-21/h4-7,20-21H,8-13H2,1-3H3,(H,18,22). The summed E-state index contributed by atoms with van der Waals surface area (Å²) < 4.78 is 5.18. The fraction of sp³-hybridized carbons (Fsp3) is 0.588. The summed E-state index contributed by atoms with van der Waals surface area (Å²) in [6.07, 6.45) is 0.297. The largest absolute Gasteiger partial charge is 0.444 e. The lowest BCUT2D eigenvalue weighted by Crippen LogP contribution is -2.33. The molecule has 1 rings (SSSR count). The van der Waals surface area contributed by atoms with E-state index in [1.807, 2.05) is 49.9 Å². The molecule has 0 atom stereocenters. The van der Waals surface area contributed by atoms with E-state index in [1.165, 1.54) is 0 Å². The maximum absolute atomic E-state index is 11.5. The van der Waals surface area contributed by atoms with Crippen molar-refractivity contribution in [2.24, 2.45) is 0 Å². The monoisotopic (exact) mass is 324 g/mol. The Balaban J connectivity index is 2.46. The Kier molecular flexibility index (Phi) is 7.85.